The molecule has 23 heavy (non-hydrogen) atoms. The van der Waals surface area contributed by atoms with Gasteiger partial charge in [-0.1, -0.05) is 0 Å². The number of halogens is 3. The Morgan fingerprint density at radius 2 is 2.04 bits per heavy atom. The van der Waals surface area contributed by atoms with Crippen LogP contribution in [0.15, 0.2) is 0 Å². The number of aromatic nitrogens is 2. The van der Waals surface area contributed by atoms with E-state index in [2.05, 4.69) is 10.2 Å². The van der Waals surface area contributed by atoms with E-state index >= 15 is 0 Å². The van der Waals surface area contributed by atoms with E-state index in [-0.39, 0.29) is 5.69 Å². The fraction of sp³-hybridized carbons (Fsp3) is 0.545. The maximum absolute atomic E-state index is 12.9. The zero-order chi connectivity index (χ0) is 17.5. The molecule has 9 nitrogen and oxygen atoms in total. The Morgan fingerprint density at radius 1 is 1.43 bits per heavy atom. The summed E-state index contributed by atoms with van der Waals surface area (Å²) in [7, 11) is 0. The largest absolute Gasteiger partial charge is 0.481 e. The Balaban J connectivity index is 2.32. The number of aryl methyl sites for hydroxylation is 1. The first-order valence-corrected chi connectivity index (χ1v) is 6.32. The molecule has 1 saturated heterocycles. The standard InChI is InChI=1S/C11H11F3N4O5/c1-4-8(18(22)23)7(16-15-4)9(19)17-2-5(10(20)21)6(3-17)11(12,13)14/h5-6H,2-3H2,1H3,(H,15,16)(H,20,21)/t5-,6-/m1/s1. The average molecular weight is 336 g/mol. The van der Waals surface area contributed by atoms with Crippen molar-refractivity contribution >= 4 is 17.6 Å². The second-order valence-electron chi connectivity index (χ2n) is 5.11. The van der Waals surface area contributed by atoms with Crippen LogP contribution in [0.1, 0.15) is 16.2 Å². The van der Waals surface area contributed by atoms with Crippen LogP contribution in [0.25, 0.3) is 0 Å². The van der Waals surface area contributed by atoms with Crippen molar-refractivity contribution in [2.75, 3.05) is 13.1 Å². The van der Waals surface area contributed by atoms with Crippen molar-refractivity contribution in [3.63, 3.8) is 0 Å². The van der Waals surface area contributed by atoms with E-state index in [9.17, 15) is 32.9 Å². The Labute approximate surface area is 126 Å². The van der Waals surface area contributed by atoms with Gasteiger partial charge in [0.1, 0.15) is 5.69 Å². The van der Waals surface area contributed by atoms with Gasteiger partial charge in [0.05, 0.1) is 16.8 Å². The number of rotatable bonds is 3. The minimum atomic E-state index is -4.80. The molecule has 1 amide bonds. The van der Waals surface area contributed by atoms with E-state index in [0.717, 1.165) is 0 Å². The lowest BCUT2D eigenvalue weighted by atomic mass is 9.96. The van der Waals surface area contributed by atoms with Crippen LogP contribution in [-0.2, 0) is 4.79 Å². The zero-order valence-electron chi connectivity index (χ0n) is 11.6. The average Bonchev–Trinajstić information content (AvgIpc) is 3.00. The summed E-state index contributed by atoms with van der Waals surface area (Å²) in [4.78, 5) is 33.8. The van der Waals surface area contributed by atoms with Crippen LogP contribution in [0.3, 0.4) is 0 Å². The summed E-state index contributed by atoms with van der Waals surface area (Å²) in [5, 5.41) is 25.5. The van der Waals surface area contributed by atoms with Crippen molar-refractivity contribution in [2.45, 2.75) is 13.1 Å². The van der Waals surface area contributed by atoms with E-state index in [1.807, 2.05) is 0 Å². The maximum atomic E-state index is 12.9. The number of carboxylic acids is 1. The number of carboxylic acid groups (broad SMARTS) is 1. The number of alkyl halides is 3. The van der Waals surface area contributed by atoms with Crippen molar-refractivity contribution in [3.8, 4) is 0 Å². The van der Waals surface area contributed by atoms with Gasteiger partial charge in [-0.2, -0.15) is 18.3 Å². The predicted octanol–water partition coefficient (Wildman–Crippen LogP) is 0.961. The number of hydrogen-bond acceptors (Lipinski definition) is 5. The molecule has 1 fully saturated rings. The van der Waals surface area contributed by atoms with Crippen LogP contribution in [-0.4, -0.2) is 56.3 Å². The molecule has 0 saturated carbocycles. The molecule has 2 rings (SSSR count). The Morgan fingerprint density at radius 3 is 2.48 bits per heavy atom. The van der Waals surface area contributed by atoms with Gasteiger partial charge in [0.25, 0.3) is 5.91 Å². The highest BCUT2D eigenvalue weighted by molar-refractivity contribution is 5.97. The number of H-pyrrole nitrogens is 1. The Bertz CT molecular complexity index is 671. The lowest BCUT2D eigenvalue weighted by Gasteiger charge is -2.17. The molecular formula is C11H11F3N4O5. The van der Waals surface area contributed by atoms with Crippen molar-refractivity contribution in [3.05, 3.63) is 21.5 Å². The van der Waals surface area contributed by atoms with Crippen molar-refractivity contribution < 1.29 is 32.8 Å². The highest BCUT2D eigenvalue weighted by Gasteiger charge is 2.54. The van der Waals surface area contributed by atoms with E-state index < -0.39 is 59.3 Å². The minimum Gasteiger partial charge on any atom is -0.481 e. The van der Waals surface area contributed by atoms with Crippen LogP contribution >= 0.6 is 0 Å². The zero-order valence-corrected chi connectivity index (χ0v) is 11.6. The van der Waals surface area contributed by atoms with Crippen LogP contribution in [0.5, 0.6) is 0 Å². The molecule has 2 N–H and O–H groups in total. The van der Waals surface area contributed by atoms with Crippen molar-refractivity contribution in [1.29, 1.82) is 0 Å². The molecule has 0 radical (unpaired) electrons. The second kappa shape index (κ2) is 5.52. The van der Waals surface area contributed by atoms with Gasteiger partial charge in [-0.3, -0.25) is 24.8 Å². The SMILES string of the molecule is Cc1[nH]nc(C(=O)N2C[C@@H](C(F)(F)F)[C@H](C(=O)O)C2)c1[N+](=O)[O-]. The predicted molar refractivity (Wildman–Crippen MR) is 66.6 cm³/mol. The number of amides is 1. The molecule has 0 aliphatic carbocycles. The highest BCUT2D eigenvalue weighted by atomic mass is 19.4. The lowest BCUT2D eigenvalue weighted by molar-refractivity contribution is -0.385. The molecule has 1 aliphatic rings. The first-order valence-electron chi connectivity index (χ1n) is 6.32. The molecule has 126 valence electrons. The van der Waals surface area contributed by atoms with Crippen LogP contribution in [0.4, 0.5) is 18.9 Å². The summed E-state index contributed by atoms with van der Waals surface area (Å²) in [5.41, 5.74) is -1.31. The third kappa shape index (κ3) is 2.96. The first kappa shape index (κ1) is 16.7. The molecule has 1 aromatic rings. The van der Waals surface area contributed by atoms with Crippen LogP contribution < -0.4 is 0 Å². The van der Waals surface area contributed by atoms with Gasteiger partial charge in [0, 0.05) is 13.1 Å². The summed E-state index contributed by atoms with van der Waals surface area (Å²) in [6.07, 6.45) is -4.80. The Hall–Kier alpha value is -2.66. The summed E-state index contributed by atoms with van der Waals surface area (Å²) in [6, 6.07) is 0. The highest BCUT2D eigenvalue weighted by Crippen LogP contribution is 2.38. The molecule has 0 aromatic carbocycles. The molecule has 12 heteroatoms. The molecule has 0 unspecified atom stereocenters. The third-order valence-corrected chi connectivity index (χ3v) is 3.64. The molecule has 2 atom stereocenters. The second-order valence-corrected chi connectivity index (χ2v) is 5.11. The number of carbonyl (C=O) groups excluding carboxylic acids is 1. The fourth-order valence-corrected chi connectivity index (χ4v) is 2.50. The van der Waals surface area contributed by atoms with Gasteiger partial charge in [-0.05, 0) is 6.92 Å². The van der Waals surface area contributed by atoms with Crippen LogP contribution in [0.2, 0.25) is 0 Å². The van der Waals surface area contributed by atoms with E-state index in [4.69, 9.17) is 5.11 Å². The van der Waals surface area contributed by atoms with Crippen LogP contribution in [0, 0.1) is 28.9 Å². The van der Waals surface area contributed by atoms with E-state index in [0.29, 0.717) is 4.90 Å². The number of aromatic amines is 1. The van der Waals surface area contributed by atoms with E-state index in [1.165, 1.54) is 6.92 Å². The number of hydrogen-bond donors (Lipinski definition) is 2. The Kier molecular flexibility index (Phi) is 4.01. The normalized spacial score (nSPS) is 21.5. The summed E-state index contributed by atoms with van der Waals surface area (Å²) in [5.74, 6) is -6.85. The molecule has 0 bridgehead atoms. The number of aliphatic carboxylic acids is 1. The summed E-state index contributed by atoms with van der Waals surface area (Å²) >= 11 is 0. The molecule has 1 aliphatic heterocycles. The van der Waals surface area contributed by atoms with Crippen molar-refractivity contribution in [2.24, 2.45) is 11.8 Å². The molecule has 0 spiro atoms. The van der Waals surface area contributed by atoms with Crippen molar-refractivity contribution in [1.82, 2.24) is 15.1 Å². The maximum Gasteiger partial charge on any atom is 0.394 e. The van der Waals surface area contributed by atoms with Gasteiger partial charge in [0.2, 0.25) is 5.69 Å². The van der Waals surface area contributed by atoms with Gasteiger partial charge in [-0.25, -0.2) is 0 Å². The number of nitro groups is 1. The molecule has 2 heterocycles. The van der Waals surface area contributed by atoms with E-state index in [1.54, 1.807) is 0 Å². The monoisotopic (exact) mass is 336 g/mol. The van der Waals surface area contributed by atoms with Gasteiger partial charge < -0.3 is 10.0 Å². The number of nitrogens with one attached hydrogen (secondary N) is 1. The summed E-state index contributed by atoms with van der Waals surface area (Å²) < 4.78 is 38.7. The first-order chi connectivity index (χ1) is 10.5. The number of nitrogens with zero attached hydrogens (tertiary/aromatic N) is 3. The summed E-state index contributed by atoms with van der Waals surface area (Å²) in [6.45, 7) is -0.297. The number of carbonyl (C=O) groups is 2. The van der Waals surface area contributed by atoms with Gasteiger partial charge in [0.15, 0.2) is 0 Å². The minimum absolute atomic E-state index is 0.0281. The third-order valence-electron chi connectivity index (χ3n) is 3.64. The quantitative estimate of drug-likeness (QED) is 0.625. The smallest absolute Gasteiger partial charge is 0.394 e. The van der Waals surface area contributed by atoms with Gasteiger partial charge in [-0.15, -0.1) is 0 Å². The van der Waals surface area contributed by atoms with Gasteiger partial charge >= 0.3 is 17.8 Å². The molecule has 1 aromatic heterocycles. The molecular weight excluding hydrogens is 325 g/mol. The topological polar surface area (TPSA) is 129 Å². The fourth-order valence-electron chi connectivity index (χ4n) is 2.50. The number of likely N-dealkylation sites (tertiary alicyclic amines) is 1. The lowest BCUT2D eigenvalue weighted by Crippen LogP contribution is -2.34.